The number of nitrogens with zero attached hydrogens (tertiary/aromatic N) is 5. The van der Waals surface area contributed by atoms with E-state index in [0.717, 1.165) is 35.5 Å². The molecule has 4 aromatic rings. The van der Waals surface area contributed by atoms with Gasteiger partial charge in [0.05, 0.1) is 22.9 Å². The molecule has 4 rings (SSSR count). The maximum Gasteiger partial charge on any atom is 0.121 e. The predicted octanol–water partition coefficient (Wildman–Crippen LogP) is 5.21. The number of hydrogen-bond acceptors (Lipinski definition) is 3. The van der Waals surface area contributed by atoms with E-state index < -0.39 is 0 Å². The van der Waals surface area contributed by atoms with Gasteiger partial charge in [-0.2, -0.15) is 15.0 Å². The number of aromatic nitrogens is 5. The van der Waals surface area contributed by atoms with Gasteiger partial charge in [0, 0.05) is 30.1 Å². The van der Waals surface area contributed by atoms with Crippen LogP contribution in [0.25, 0.3) is 22.5 Å². The van der Waals surface area contributed by atoms with Crippen molar-refractivity contribution in [2.24, 2.45) is 0 Å². The molecule has 0 atom stereocenters. The summed E-state index contributed by atoms with van der Waals surface area (Å²) in [5.74, 6) is 0. The molecule has 0 bridgehead atoms. The van der Waals surface area contributed by atoms with Gasteiger partial charge in [-0.3, -0.25) is 0 Å². The topological polar surface area (TPSA) is 48.5 Å². The van der Waals surface area contributed by atoms with Crippen LogP contribution in [0.2, 0.25) is 10.0 Å². The van der Waals surface area contributed by atoms with Crippen molar-refractivity contribution in [1.29, 1.82) is 0 Å². The lowest BCUT2D eigenvalue weighted by Crippen LogP contribution is -2.06. The summed E-state index contributed by atoms with van der Waals surface area (Å²) in [5.41, 5.74) is 3.53. The first-order valence-electron chi connectivity index (χ1n) is 8.62. The average Bonchev–Trinajstić information content (AvgIpc) is 3.35. The van der Waals surface area contributed by atoms with Crippen molar-refractivity contribution in [3.8, 4) is 22.5 Å². The van der Waals surface area contributed by atoms with Crippen LogP contribution in [0.15, 0.2) is 67.3 Å². The third-order valence-corrected chi connectivity index (χ3v) is 4.97. The highest BCUT2D eigenvalue weighted by atomic mass is 35.5. The molecule has 0 N–H and O–H groups in total. The molecule has 0 saturated carbocycles. The molecule has 0 aliphatic rings. The molecule has 2 heterocycles. The summed E-state index contributed by atoms with van der Waals surface area (Å²) in [6.45, 7) is 1.57. The third-order valence-electron chi connectivity index (χ3n) is 4.23. The van der Waals surface area contributed by atoms with Gasteiger partial charge in [-0.25, -0.2) is 4.98 Å². The number of rotatable bonds is 6. The van der Waals surface area contributed by atoms with Crippen LogP contribution < -0.4 is 0 Å². The van der Waals surface area contributed by atoms with Crippen LogP contribution in [0.1, 0.15) is 6.42 Å². The van der Waals surface area contributed by atoms with Crippen LogP contribution in [0.4, 0.5) is 0 Å². The van der Waals surface area contributed by atoms with Gasteiger partial charge in [0.2, 0.25) is 0 Å². The van der Waals surface area contributed by atoms with E-state index >= 15 is 0 Å². The number of hydrogen-bond donors (Lipinski definition) is 0. The van der Waals surface area contributed by atoms with Crippen molar-refractivity contribution in [2.45, 2.75) is 19.5 Å². The Bertz CT molecular complexity index is 1030. The lowest BCUT2D eigenvalue weighted by molar-refractivity contribution is 0.481. The van der Waals surface area contributed by atoms with Crippen molar-refractivity contribution in [3.63, 3.8) is 0 Å². The van der Waals surface area contributed by atoms with Crippen molar-refractivity contribution >= 4 is 23.2 Å². The maximum atomic E-state index is 6.21. The Morgan fingerprint density at radius 1 is 0.815 bits per heavy atom. The van der Waals surface area contributed by atoms with Crippen LogP contribution in [0.5, 0.6) is 0 Å². The molecule has 0 saturated heterocycles. The van der Waals surface area contributed by atoms with Gasteiger partial charge < -0.3 is 4.57 Å². The molecule has 2 aromatic carbocycles. The summed E-state index contributed by atoms with van der Waals surface area (Å²) < 4.78 is 2.04. The van der Waals surface area contributed by atoms with Crippen molar-refractivity contribution < 1.29 is 0 Å². The molecule has 0 spiro atoms. The molecular weight excluding hydrogens is 381 g/mol. The molecule has 0 fully saturated rings. The van der Waals surface area contributed by atoms with E-state index in [1.807, 2.05) is 59.6 Å². The van der Waals surface area contributed by atoms with Gasteiger partial charge in [-0.1, -0.05) is 59.6 Å². The largest absolute Gasteiger partial charge is 0.337 e. The van der Waals surface area contributed by atoms with E-state index in [2.05, 4.69) is 4.98 Å². The van der Waals surface area contributed by atoms with Crippen LogP contribution in [-0.2, 0) is 13.1 Å². The summed E-state index contributed by atoms with van der Waals surface area (Å²) in [6.07, 6.45) is 6.45. The zero-order chi connectivity index (χ0) is 18.6. The summed E-state index contributed by atoms with van der Waals surface area (Å²) >= 11 is 12.3. The Balaban J connectivity index is 1.65. The fourth-order valence-electron chi connectivity index (χ4n) is 2.89. The molecule has 27 heavy (non-hydrogen) atoms. The van der Waals surface area contributed by atoms with Crippen LogP contribution in [0, 0.1) is 0 Å². The SMILES string of the molecule is Clc1ccc(-c2nn(CCCn3ccnc3)nc2-c2ccccc2)cc1Cl. The standard InChI is InChI=1S/C20H17Cl2N5/c21-17-8-7-16(13-18(17)22)20-19(15-5-2-1-3-6-15)24-27(25-20)11-4-10-26-12-9-23-14-26/h1-3,5-9,12-14H,4,10-11H2. The minimum atomic E-state index is 0.503. The fraction of sp³-hybridized carbons (Fsp3) is 0.150. The highest BCUT2D eigenvalue weighted by Gasteiger charge is 2.16. The smallest absolute Gasteiger partial charge is 0.121 e. The number of imidazole rings is 1. The molecule has 0 amide bonds. The molecule has 7 heteroatoms. The van der Waals surface area contributed by atoms with Gasteiger partial charge in [0.25, 0.3) is 0 Å². The van der Waals surface area contributed by atoms with Crippen LogP contribution in [0.3, 0.4) is 0 Å². The quantitative estimate of drug-likeness (QED) is 0.448. The predicted molar refractivity (Wildman–Crippen MR) is 108 cm³/mol. The first kappa shape index (κ1) is 17.8. The second-order valence-corrected chi connectivity index (χ2v) is 6.96. The van der Waals surface area contributed by atoms with E-state index in [0.29, 0.717) is 16.6 Å². The van der Waals surface area contributed by atoms with E-state index in [9.17, 15) is 0 Å². The number of benzene rings is 2. The molecule has 0 radical (unpaired) electrons. The van der Waals surface area contributed by atoms with Crippen molar-refractivity contribution in [3.05, 3.63) is 77.3 Å². The summed E-state index contributed by atoms with van der Waals surface area (Å²) in [4.78, 5) is 5.81. The summed E-state index contributed by atoms with van der Waals surface area (Å²) in [7, 11) is 0. The lowest BCUT2D eigenvalue weighted by atomic mass is 10.1. The van der Waals surface area contributed by atoms with E-state index in [-0.39, 0.29) is 0 Å². The first-order valence-corrected chi connectivity index (χ1v) is 9.38. The highest BCUT2D eigenvalue weighted by Crippen LogP contribution is 2.32. The summed E-state index contributed by atoms with van der Waals surface area (Å²) in [5, 5.41) is 10.5. The van der Waals surface area contributed by atoms with Gasteiger partial charge in [-0.05, 0) is 18.6 Å². The Kier molecular flexibility index (Phi) is 5.23. The van der Waals surface area contributed by atoms with Crippen molar-refractivity contribution in [1.82, 2.24) is 24.5 Å². The van der Waals surface area contributed by atoms with Crippen LogP contribution in [-0.4, -0.2) is 24.5 Å². The van der Waals surface area contributed by atoms with E-state index in [1.165, 1.54) is 0 Å². The first-order chi connectivity index (χ1) is 13.2. The molecule has 0 aliphatic carbocycles. The fourth-order valence-corrected chi connectivity index (χ4v) is 3.19. The zero-order valence-electron chi connectivity index (χ0n) is 14.5. The summed E-state index contributed by atoms with van der Waals surface area (Å²) in [6, 6.07) is 15.6. The minimum absolute atomic E-state index is 0.503. The third kappa shape index (κ3) is 4.04. The Morgan fingerprint density at radius 3 is 2.30 bits per heavy atom. The Morgan fingerprint density at radius 2 is 1.59 bits per heavy atom. The normalized spacial score (nSPS) is 11.0. The average molecular weight is 398 g/mol. The number of aryl methyl sites for hydroxylation is 2. The molecule has 0 aliphatic heterocycles. The number of halogens is 2. The van der Waals surface area contributed by atoms with Gasteiger partial charge in [0.1, 0.15) is 11.4 Å². The maximum absolute atomic E-state index is 6.21. The van der Waals surface area contributed by atoms with E-state index in [4.69, 9.17) is 33.4 Å². The van der Waals surface area contributed by atoms with Crippen LogP contribution >= 0.6 is 23.2 Å². The van der Waals surface area contributed by atoms with Gasteiger partial charge in [0.15, 0.2) is 0 Å². The van der Waals surface area contributed by atoms with E-state index in [1.54, 1.807) is 17.1 Å². The molecule has 5 nitrogen and oxygen atoms in total. The molecule has 2 aromatic heterocycles. The lowest BCUT2D eigenvalue weighted by Gasteiger charge is -2.03. The molecular formula is C20H17Cl2N5. The molecule has 0 unspecified atom stereocenters. The Hall–Kier alpha value is -2.63. The van der Waals surface area contributed by atoms with Gasteiger partial charge in [-0.15, -0.1) is 0 Å². The second-order valence-electron chi connectivity index (χ2n) is 6.14. The van der Waals surface area contributed by atoms with Crippen molar-refractivity contribution in [2.75, 3.05) is 0 Å². The molecule has 136 valence electrons. The minimum Gasteiger partial charge on any atom is -0.337 e. The second kappa shape index (κ2) is 7.94. The zero-order valence-corrected chi connectivity index (χ0v) is 16.0. The Labute approximate surface area is 167 Å². The monoisotopic (exact) mass is 397 g/mol. The van der Waals surface area contributed by atoms with Gasteiger partial charge >= 0.3 is 0 Å². The highest BCUT2D eigenvalue weighted by molar-refractivity contribution is 6.42.